The number of pyridine rings is 2. The van der Waals surface area contributed by atoms with Crippen LogP contribution in [0.2, 0.25) is 0 Å². The maximum atomic E-state index is 13.8. The fraction of sp³-hybridized carbons (Fsp3) is 0.174. The van der Waals surface area contributed by atoms with Crippen LogP contribution in [0.25, 0.3) is 22.3 Å². The van der Waals surface area contributed by atoms with Crippen LogP contribution in [0.1, 0.15) is 85.8 Å². The fourth-order valence-corrected chi connectivity index (χ4v) is 5.94. The molecule has 4 aromatic carbocycles. The molecule has 12 nitrogen and oxygen atoms in total. The van der Waals surface area contributed by atoms with E-state index in [0.717, 1.165) is 40.4 Å². The molecule has 6 rings (SSSR count). The Morgan fingerprint density at radius 2 is 1.29 bits per heavy atom. The Kier molecular flexibility index (Phi) is 15.2. The molecule has 6 N–H and O–H groups in total. The lowest BCUT2D eigenvalue weighted by atomic mass is 9.92. The minimum Gasteiger partial charge on any atom is -0.462 e. The third-order valence-corrected chi connectivity index (χ3v) is 8.89. The van der Waals surface area contributed by atoms with Crippen LogP contribution in [0.15, 0.2) is 128 Å². The number of carbonyl (C=O) groups is 4. The molecule has 1 atom stereocenters. The molecule has 0 bridgehead atoms. The van der Waals surface area contributed by atoms with E-state index >= 15 is 0 Å². The van der Waals surface area contributed by atoms with Gasteiger partial charge in [0.2, 0.25) is 0 Å². The molecule has 1 unspecified atom stereocenters. The first-order chi connectivity index (χ1) is 28.5. The zero-order valence-corrected chi connectivity index (χ0v) is 32.9. The first kappa shape index (κ1) is 43.0. The number of rotatable bonds is 13. The van der Waals surface area contributed by atoms with Crippen molar-refractivity contribution in [2.24, 2.45) is 11.5 Å². The van der Waals surface area contributed by atoms with Gasteiger partial charge in [-0.25, -0.2) is 14.0 Å². The highest BCUT2D eigenvalue weighted by molar-refractivity contribution is 6.06. The van der Waals surface area contributed by atoms with Crippen molar-refractivity contribution in [3.05, 3.63) is 167 Å². The number of nitrogens with two attached hydrogens (primary N) is 2. The molecule has 0 aliphatic carbocycles. The molecule has 6 aromatic rings. The van der Waals surface area contributed by atoms with Crippen LogP contribution in [-0.2, 0) is 16.0 Å². The highest BCUT2D eigenvalue weighted by atomic mass is 19.1. The van der Waals surface area contributed by atoms with Gasteiger partial charge < -0.3 is 31.6 Å². The molecular weight excluding hydrogens is 752 g/mol. The summed E-state index contributed by atoms with van der Waals surface area (Å²) in [5.74, 6) is -2.13. The van der Waals surface area contributed by atoms with Crippen LogP contribution >= 0.6 is 0 Å². The van der Waals surface area contributed by atoms with Gasteiger partial charge in [-0.3, -0.25) is 19.6 Å². The van der Waals surface area contributed by atoms with Gasteiger partial charge in [-0.2, -0.15) is 0 Å². The van der Waals surface area contributed by atoms with Crippen LogP contribution in [0.5, 0.6) is 0 Å². The van der Waals surface area contributed by atoms with Gasteiger partial charge in [-0.15, -0.1) is 0 Å². The van der Waals surface area contributed by atoms with Crippen LogP contribution < -0.4 is 22.1 Å². The first-order valence-corrected chi connectivity index (χ1v) is 18.9. The predicted molar refractivity (Wildman–Crippen MR) is 225 cm³/mol. The topological polar surface area (TPSA) is 189 Å². The van der Waals surface area contributed by atoms with E-state index in [4.69, 9.17) is 20.9 Å². The molecule has 0 fully saturated rings. The molecule has 0 saturated heterocycles. The second-order valence-corrected chi connectivity index (χ2v) is 13.2. The number of amides is 2. The molecule has 302 valence electrons. The van der Waals surface area contributed by atoms with Gasteiger partial charge in [-0.05, 0) is 120 Å². The normalized spacial score (nSPS) is 11.0. The highest BCUT2D eigenvalue weighted by Crippen LogP contribution is 2.31. The fourth-order valence-electron chi connectivity index (χ4n) is 5.94. The molecule has 0 aliphatic rings. The number of ether oxygens (including phenoxy) is 2. The molecule has 0 radical (unpaired) electrons. The Morgan fingerprint density at radius 1 is 0.695 bits per heavy atom. The summed E-state index contributed by atoms with van der Waals surface area (Å²) in [5, 5.41) is 5.38. The summed E-state index contributed by atoms with van der Waals surface area (Å²) in [4.78, 5) is 57.3. The summed E-state index contributed by atoms with van der Waals surface area (Å²) in [7, 11) is 0. The van der Waals surface area contributed by atoms with Crippen LogP contribution in [0.4, 0.5) is 15.8 Å². The Labute approximate surface area is 341 Å². The van der Waals surface area contributed by atoms with Crippen molar-refractivity contribution in [2.45, 2.75) is 39.8 Å². The average Bonchev–Trinajstić information content (AvgIpc) is 3.26. The summed E-state index contributed by atoms with van der Waals surface area (Å²) in [6.45, 7) is 6.48. The highest BCUT2D eigenvalue weighted by Gasteiger charge is 2.17. The number of anilines is 2. The lowest BCUT2D eigenvalue weighted by Crippen LogP contribution is -2.14. The quantitative estimate of drug-likeness (QED) is 0.0827. The minimum atomic E-state index is -0.625. The van der Waals surface area contributed by atoms with E-state index < -0.39 is 17.7 Å². The van der Waals surface area contributed by atoms with Crippen LogP contribution in [-0.4, -0.2) is 46.9 Å². The number of carbonyl (C=O) groups excluding carboxylic acids is 4. The van der Waals surface area contributed by atoms with E-state index in [0.29, 0.717) is 46.7 Å². The van der Waals surface area contributed by atoms with Crippen molar-refractivity contribution in [1.82, 2.24) is 9.97 Å². The van der Waals surface area contributed by atoms with E-state index in [-0.39, 0.29) is 30.2 Å². The molecule has 2 heterocycles. The third-order valence-electron chi connectivity index (χ3n) is 8.89. The van der Waals surface area contributed by atoms with Gasteiger partial charge in [0.05, 0.1) is 36.2 Å². The lowest BCUT2D eigenvalue weighted by Gasteiger charge is -2.16. The Bertz CT molecular complexity index is 2420. The van der Waals surface area contributed by atoms with E-state index in [2.05, 4.69) is 20.6 Å². The third kappa shape index (κ3) is 11.5. The standard InChI is InChI=1S/C23H22FN3O3.C23H23N3O3/c1-3-30-23(29)17-6-4-5-15(11-17)19-12-16(7-8-18(19)14(2)25)22(28)27-21-9-10-26-13-20(21)24;1-2-12-29-23(28)18-5-3-4-16(13-18)21-14-17(6-7-19(21)15-24)22(27)26-20-8-10-25-11-9-20/h4-14H,3,25H2,1-2H3,(H,26,27,28);3-11,13-14H,2,12,15,24H2,1H3,(H,25,26,27). The molecule has 0 saturated carbocycles. The summed E-state index contributed by atoms with van der Waals surface area (Å²) in [6, 6.07) is 29.0. The minimum absolute atomic E-state index is 0.0390. The number of aromatic nitrogens is 2. The number of hydrogen-bond donors (Lipinski definition) is 4. The Morgan fingerprint density at radius 3 is 1.90 bits per heavy atom. The first-order valence-electron chi connectivity index (χ1n) is 18.9. The number of nitrogens with one attached hydrogen (secondary N) is 2. The second kappa shape index (κ2) is 20.9. The van der Waals surface area contributed by atoms with Gasteiger partial charge in [0.25, 0.3) is 11.8 Å². The Hall–Kier alpha value is -7.09. The van der Waals surface area contributed by atoms with Gasteiger partial charge in [0.1, 0.15) is 0 Å². The van der Waals surface area contributed by atoms with Crippen molar-refractivity contribution < 1.29 is 33.0 Å². The van der Waals surface area contributed by atoms with Gasteiger partial charge >= 0.3 is 11.9 Å². The monoisotopic (exact) mass is 796 g/mol. The van der Waals surface area contributed by atoms with Crippen LogP contribution in [0.3, 0.4) is 0 Å². The van der Waals surface area contributed by atoms with Gasteiger partial charge in [0, 0.05) is 48.0 Å². The molecular formula is C46H45FN6O6. The zero-order chi connectivity index (χ0) is 42.3. The van der Waals surface area contributed by atoms with Crippen molar-refractivity contribution in [1.29, 1.82) is 0 Å². The van der Waals surface area contributed by atoms with Gasteiger partial charge in [-0.1, -0.05) is 43.3 Å². The Balaban J connectivity index is 0.000000224. The molecule has 0 aliphatic heterocycles. The van der Waals surface area contributed by atoms with Crippen LogP contribution in [0, 0.1) is 5.82 Å². The number of esters is 2. The number of benzene rings is 4. The summed E-state index contributed by atoms with van der Waals surface area (Å²) in [5.41, 5.74) is 19.1. The summed E-state index contributed by atoms with van der Waals surface area (Å²) in [6.07, 6.45) is 6.41. The van der Waals surface area contributed by atoms with Crippen molar-refractivity contribution in [3.63, 3.8) is 0 Å². The van der Waals surface area contributed by atoms with E-state index in [1.165, 1.54) is 12.3 Å². The largest absolute Gasteiger partial charge is 0.462 e. The average molecular weight is 797 g/mol. The maximum absolute atomic E-state index is 13.8. The van der Waals surface area contributed by atoms with E-state index in [1.807, 2.05) is 32.0 Å². The predicted octanol–water partition coefficient (Wildman–Crippen LogP) is 8.36. The molecule has 2 aromatic heterocycles. The number of hydrogen-bond acceptors (Lipinski definition) is 10. The molecule has 13 heteroatoms. The van der Waals surface area contributed by atoms with Gasteiger partial charge in [0.15, 0.2) is 5.82 Å². The SMILES string of the molecule is CCCOC(=O)c1cccc(-c2cc(C(=O)Nc3ccncc3)ccc2CN)c1.CCOC(=O)c1cccc(-c2cc(C(=O)Nc3ccncc3F)ccc2C(C)N)c1. The summed E-state index contributed by atoms with van der Waals surface area (Å²) >= 11 is 0. The van der Waals surface area contributed by atoms with E-state index in [9.17, 15) is 23.6 Å². The second-order valence-electron chi connectivity index (χ2n) is 13.2. The van der Waals surface area contributed by atoms with Crippen molar-refractivity contribution in [2.75, 3.05) is 23.8 Å². The molecule has 59 heavy (non-hydrogen) atoms. The number of nitrogens with zero attached hydrogens (tertiary/aromatic N) is 2. The molecule has 2 amide bonds. The zero-order valence-electron chi connectivity index (χ0n) is 32.9. The van der Waals surface area contributed by atoms with E-state index in [1.54, 1.807) is 98.2 Å². The lowest BCUT2D eigenvalue weighted by molar-refractivity contribution is 0.0501. The maximum Gasteiger partial charge on any atom is 0.338 e. The number of halogens is 1. The van der Waals surface area contributed by atoms with Crippen molar-refractivity contribution >= 4 is 35.1 Å². The van der Waals surface area contributed by atoms with Crippen molar-refractivity contribution in [3.8, 4) is 22.3 Å². The summed E-state index contributed by atoms with van der Waals surface area (Å²) < 4.78 is 24.1. The smallest absolute Gasteiger partial charge is 0.338 e. The molecule has 0 spiro atoms.